The van der Waals surface area contributed by atoms with Crippen molar-refractivity contribution in [2.75, 3.05) is 0 Å². The number of hydrogen-bond donors (Lipinski definition) is 1. The van der Waals surface area contributed by atoms with Gasteiger partial charge in [-0.1, -0.05) is 41.4 Å². The molecular weight excluding hydrogens is 293 g/mol. The molecule has 3 rings (SSSR count). The van der Waals surface area contributed by atoms with Crippen LogP contribution in [0.3, 0.4) is 0 Å². The van der Waals surface area contributed by atoms with Crippen LogP contribution >= 0.6 is 23.2 Å². The molecule has 20 heavy (non-hydrogen) atoms. The predicted molar refractivity (Wildman–Crippen MR) is 82.0 cm³/mol. The molecule has 2 heterocycles. The Hall–Kier alpha value is -1.68. The largest absolute Gasteiger partial charge is 0.319 e. The third kappa shape index (κ3) is 2.36. The number of rotatable bonds is 2. The van der Waals surface area contributed by atoms with E-state index >= 15 is 0 Å². The minimum absolute atomic E-state index is 0.423. The first-order valence-corrected chi connectivity index (χ1v) is 6.82. The second-order valence-electron chi connectivity index (χ2n) is 4.42. The minimum Gasteiger partial charge on any atom is -0.319 e. The summed E-state index contributed by atoms with van der Waals surface area (Å²) in [5.41, 5.74) is 8.75. The van der Waals surface area contributed by atoms with Crippen LogP contribution in [-0.4, -0.2) is 9.97 Å². The molecule has 0 saturated carbocycles. The average Bonchev–Trinajstić information content (AvgIpc) is 2.46. The summed E-state index contributed by atoms with van der Waals surface area (Å²) in [6.45, 7) is 0. The highest BCUT2D eigenvalue weighted by molar-refractivity contribution is 6.34. The maximum Gasteiger partial charge on any atom is 0.0803 e. The monoisotopic (exact) mass is 303 g/mol. The number of benzene rings is 1. The molecule has 5 heteroatoms. The molecule has 0 saturated heterocycles. The van der Waals surface area contributed by atoms with E-state index < -0.39 is 6.04 Å². The maximum absolute atomic E-state index is 6.32. The number of pyridine rings is 2. The molecule has 0 amide bonds. The molecule has 2 N–H and O–H groups in total. The quantitative estimate of drug-likeness (QED) is 0.779. The van der Waals surface area contributed by atoms with Gasteiger partial charge in [-0.05, 0) is 23.8 Å². The molecule has 0 radical (unpaired) electrons. The number of nitrogens with zero attached hydrogens (tertiary/aromatic N) is 2. The lowest BCUT2D eigenvalue weighted by molar-refractivity contribution is 0.836. The molecular formula is C15H11Cl2N3. The van der Waals surface area contributed by atoms with Crippen molar-refractivity contribution in [2.45, 2.75) is 6.04 Å². The highest BCUT2D eigenvalue weighted by Gasteiger charge is 2.16. The van der Waals surface area contributed by atoms with Crippen molar-refractivity contribution < 1.29 is 0 Å². The fourth-order valence-electron chi connectivity index (χ4n) is 2.20. The fraction of sp³-hybridized carbons (Fsp3) is 0.0667. The lowest BCUT2D eigenvalue weighted by atomic mass is 9.99. The van der Waals surface area contributed by atoms with E-state index in [1.54, 1.807) is 18.5 Å². The third-order valence-corrected chi connectivity index (χ3v) is 3.65. The van der Waals surface area contributed by atoms with Crippen LogP contribution in [0.5, 0.6) is 0 Å². The Morgan fingerprint density at radius 2 is 1.90 bits per heavy atom. The van der Waals surface area contributed by atoms with Crippen LogP contribution in [0, 0.1) is 0 Å². The van der Waals surface area contributed by atoms with Crippen LogP contribution in [0.1, 0.15) is 17.3 Å². The highest BCUT2D eigenvalue weighted by atomic mass is 35.5. The third-order valence-electron chi connectivity index (χ3n) is 3.15. The average molecular weight is 304 g/mol. The van der Waals surface area contributed by atoms with Crippen molar-refractivity contribution in [1.82, 2.24) is 9.97 Å². The van der Waals surface area contributed by atoms with Gasteiger partial charge in [-0.2, -0.15) is 0 Å². The van der Waals surface area contributed by atoms with E-state index in [0.717, 1.165) is 16.5 Å². The molecule has 0 fully saturated rings. The predicted octanol–water partition coefficient (Wildman–Crippen LogP) is 3.98. The van der Waals surface area contributed by atoms with E-state index in [-0.39, 0.29) is 0 Å². The fourth-order valence-corrected chi connectivity index (χ4v) is 2.70. The maximum atomic E-state index is 6.32. The number of fused-ring (bicyclic) bond motifs is 1. The summed E-state index contributed by atoms with van der Waals surface area (Å²) in [7, 11) is 0. The number of nitrogens with two attached hydrogens (primary N) is 1. The second-order valence-corrected chi connectivity index (χ2v) is 5.26. The molecule has 3 nitrogen and oxygen atoms in total. The van der Waals surface area contributed by atoms with Crippen molar-refractivity contribution >= 4 is 34.1 Å². The zero-order valence-corrected chi connectivity index (χ0v) is 11.9. The first kappa shape index (κ1) is 13.3. The van der Waals surface area contributed by atoms with E-state index in [9.17, 15) is 0 Å². The molecule has 0 aliphatic rings. The summed E-state index contributed by atoms with van der Waals surface area (Å²) >= 11 is 12.0. The topological polar surface area (TPSA) is 51.8 Å². The number of hydrogen-bond acceptors (Lipinski definition) is 3. The van der Waals surface area contributed by atoms with Gasteiger partial charge in [0.05, 0.1) is 27.3 Å². The van der Waals surface area contributed by atoms with Gasteiger partial charge in [-0.3, -0.25) is 9.97 Å². The molecule has 1 atom stereocenters. The van der Waals surface area contributed by atoms with Crippen molar-refractivity contribution in [2.24, 2.45) is 5.73 Å². The highest BCUT2D eigenvalue weighted by Crippen LogP contribution is 2.30. The molecule has 100 valence electrons. The summed E-state index contributed by atoms with van der Waals surface area (Å²) in [6.07, 6.45) is 3.30. The van der Waals surface area contributed by atoms with Crippen molar-refractivity contribution in [1.29, 1.82) is 0 Å². The summed E-state index contributed by atoms with van der Waals surface area (Å²) < 4.78 is 0. The van der Waals surface area contributed by atoms with Crippen LogP contribution in [0.2, 0.25) is 10.0 Å². The normalized spacial score (nSPS) is 12.6. The van der Waals surface area contributed by atoms with Gasteiger partial charge in [0, 0.05) is 17.8 Å². The Labute approximate surface area is 126 Å². The van der Waals surface area contributed by atoms with Gasteiger partial charge in [0.25, 0.3) is 0 Å². The Balaban J connectivity index is 2.15. The SMILES string of the molecule is NC(c1ncc(Cl)cc1Cl)c1cccc2ncccc12. The van der Waals surface area contributed by atoms with E-state index in [1.165, 1.54) is 0 Å². The standard InChI is InChI=1S/C15H11Cl2N3/c16-9-7-12(17)15(20-8-9)14(18)11-3-1-5-13-10(11)4-2-6-19-13/h1-8,14H,18H2. The zero-order valence-electron chi connectivity index (χ0n) is 10.4. The lowest BCUT2D eigenvalue weighted by Crippen LogP contribution is -2.14. The van der Waals surface area contributed by atoms with Gasteiger partial charge in [-0.25, -0.2) is 0 Å². The van der Waals surface area contributed by atoms with Crippen LogP contribution in [-0.2, 0) is 0 Å². The van der Waals surface area contributed by atoms with E-state index in [0.29, 0.717) is 15.7 Å². The molecule has 2 aromatic heterocycles. The van der Waals surface area contributed by atoms with Crippen LogP contribution in [0.4, 0.5) is 0 Å². The van der Waals surface area contributed by atoms with Crippen molar-refractivity contribution in [3.8, 4) is 0 Å². The molecule has 1 aromatic carbocycles. The van der Waals surface area contributed by atoms with Gasteiger partial charge in [0.15, 0.2) is 0 Å². The Morgan fingerprint density at radius 1 is 1.05 bits per heavy atom. The van der Waals surface area contributed by atoms with Gasteiger partial charge in [-0.15, -0.1) is 0 Å². The van der Waals surface area contributed by atoms with Gasteiger partial charge < -0.3 is 5.73 Å². The number of aromatic nitrogens is 2. The zero-order chi connectivity index (χ0) is 14.1. The molecule has 0 aliphatic heterocycles. The Kier molecular flexibility index (Phi) is 3.57. The van der Waals surface area contributed by atoms with E-state index in [2.05, 4.69) is 9.97 Å². The molecule has 1 unspecified atom stereocenters. The second kappa shape index (κ2) is 5.37. The van der Waals surface area contributed by atoms with Gasteiger partial charge in [0.2, 0.25) is 0 Å². The Bertz CT molecular complexity index is 769. The van der Waals surface area contributed by atoms with Crippen LogP contribution in [0.25, 0.3) is 10.9 Å². The van der Waals surface area contributed by atoms with E-state index in [1.807, 2.05) is 30.3 Å². The molecule has 0 bridgehead atoms. The summed E-state index contributed by atoms with van der Waals surface area (Å²) in [5, 5.41) is 1.95. The summed E-state index contributed by atoms with van der Waals surface area (Å²) in [6, 6.07) is 10.9. The Morgan fingerprint density at radius 3 is 2.70 bits per heavy atom. The lowest BCUT2D eigenvalue weighted by Gasteiger charge is -2.15. The van der Waals surface area contributed by atoms with Crippen LogP contribution in [0.15, 0.2) is 48.8 Å². The van der Waals surface area contributed by atoms with Crippen molar-refractivity contribution in [3.05, 3.63) is 70.1 Å². The van der Waals surface area contributed by atoms with Gasteiger partial charge >= 0.3 is 0 Å². The first-order chi connectivity index (χ1) is 9.66. The minimum atomic E-state index is -0.423. The van der Waals surface area contributed by atoms with Crippen LogP contribution < -0.4 is 5.73 Å². The summed E-state index contributed by atoms with van der Waals surface area (Å²) in [5.74, 6) is 0. The smallest absolute Gasteiger partial charge is 0.0803 e. The summed E-state index contributed by atoms with van der Waals surface area (Å²) in [4.78, 5) is 8.58. The molecule has 0 spiro atoms. The number of halogens is 2. The van der Waals surface area contributed by atoms with Gasteiger partial charge in [0.1, 0.15) is 0 Å². The molecule has 3 aromatic rings. The van der Waals surface area contributed by atoms with Crippen molar-refractivity contribution in [3.63, 3.8) is 0 Å². The van der Waals surface area contributed by atoms with E-state index in [4.69, 9.17) is 28.9 Å². The first-order valence-electron chi connectivity index (χ1n) is 6.07. The molecule has 0 aliphatic carbocycles.